The summed E-state index contributed by atoms with van der Waals surface area (Å²) >= 11 is 0. The number of nitrogens with one attached hydrogen (secondary N) is 2. The number of Topliss-reactive ketones (excluding diaryl/α,β-unsaturated/α-hetero) is 1. The van der Waals surface area contributed by atoms with Crippen molar-refractivity contribution in [1.29, 1.82) is 0 Å². The van der Waals surface area contributed by atoms with E-state index in [4.69, 9.17) is 5.11 Å². The van der Waals surface area contributed by atoms with Gasteiger partial charge in [0.1, 0.15) is 5.69 Å². The van der Waals surface area contributed by atoms with Crippen molar-refractivity contribution < 1.29 is 14.7 Å². The monoisotopic (exact) mass is 249 g/mol. The van der Waals surface area contributed by atoms with Crippen molar-refractivity contribution >= 4 is 11.8 Å². The number of carbonyl (C=O) groups is 2. The maximum absolute atomic E-state index is 12.2. The largest absolute Gasteiger partial charge is 0.481 e. The van der Waals surface area contributed by atoms with Gasteiger partial charge in [-0.2, -0.15) is 5.10 Å². The molecule has 1 aliphatic heterocycles. The molecule has 3 unspecified atom stereocenters. The second kappa shape index (κ2) is 3.91. The first-order valence-corrected chi connectivity index (χ1v) is 6.14. The van der Waals surface area contributed by atoms with Crippen LogP contribution in [0.4, 0.5) is 0 Å². The number of piperidine rings is 1. The second-order valence-electron chi connectivity index (χ2n) is 5.20. The molecule has 0 aromatic carbocycles. The molecule has 18 heavy (non-hydrogen) atoms. The predicted molar refractivity (Wildman–Crippen MR) is 62.1 cm³/mol. The molecule has 1 aromatic rings. The third-order valence-electron chi connectivity index (χ3n) is 4.09. The molecule has 1 saturated carbocycles. The minimum atomic E-state index is -0.754. The van der Waals surface area contributed by atoms with Crippen molar-refractivity contribution in [2.45, 2.75) is 24.8 Å². The SMILES string of the molecule is O=C(O)C1CCNC2(C1)CC2C(=O)c1ccn[nH]1. The lowest BCUT2D eigenvalue weighted by Crippen LogP contribution is -2.44. The van der Waals surface area contributed by atoms with Gasteiger partial charge in [-0.05, 0) is 31.9 Å². The van der Waals surface area contributed by atoms with Crippen LogP contribution >= 0.6 is 0 Å². The number of carbonyl (C=O) groups excluding carboxylic acids is 1. The molecule has 0 radical (unpaired) electrons. The van der Waals surface area contributed by atoms with Crippen LogP contribution in [-0.4, -0.2) is 39.1 Å². The summed E-state index contributed by atoms with van der Waals surface area (Å²) in [4.78, 5) is 23.2. The average Bonchev–Trinajstić information content (AvgIpc) is 2.81. The van der Waals surface area contributed by atoms with E-state index in [1.54, 1.807) is 12.3 Å². The highest BCUT2D eigenvalue weighted by molar-refractivity contribution is 5.99. The van der Waals surface area contributed by atoms with Gasteiger partial charge in [-0.1, -0.05) is 0 Å². The van der Waals surface area contributed by atoms with Gasteiger partial charge in [-0.3, -0.25) is 14.7 Å². The number of carboxylic acid groups (broad SMARTS) is 1. The number of hydrogen-bond acceptors (Lipinski definition) is 4. The zero-order valence-corrected chi connectivity index (χ0v) is 9.85. The van der Waals surface area contributed by atoms with E-state index in [1.165, 1.54) is 0 Å². The summed E-state index contributed by atoms with van der Waals surface area (Å²) in [6, 6.07) is 1.66. The van der Waals surface area contributed by atoms with Gasteiger partial charge in [0.05, 0.1) is 5.92 Å². The van der Waals surface area contributed by atoms with Crippen molar-refractivity contribution in [2.24, 2.45) is 11.8 Å². The number of H-pyrrole nitrogens is 1. The number of ketones is 1. The third kappa shape index (κ3) is 1.73. The Bertz CT molecular complexity index is 485. The summed E-state index contributed by atoms with van der Waals surface area (Å²) in [5, 5.41) is 18.8. The van der Waals surface area contributed by atoms with Crippen molar-refractivity contribution in [1.82, 2.24) is 15.5 Å². The topological polar surface area (TPSA) is 95.1 Å². The number of nitrogens with zero attached hydrogens (tertiary/aromatic N) is 1. The Morgan fingerprint density at radius 3 is 2.94 bits per heavy atom. The fourth-order valence-corrected chi connectivity index (χ4v) is 2.97. The van der Waals surface area contributed by atoms with E-state index < -0.39 is 5.97 Å². The molecular weight excluding hydrogens is 234 g/mol. The third-order valence-corrected chi connectivity index (χ3v) is 4.09. The van der Waals surface area contributed by atoms with Crippen LogP contribution in [0, 0.1) is 11.8 Å². The van der Waals surface area contributed by atoms with Crippen molar-refractivity contribution in [2.75, 3.05) is 6.54 Å². The Kier molecular flexibility index (Phi) is 2.48. The molecule has 6 nitrogen and oxygen atoms in total. The summed E-state index contributed by atoms with van der Waals surface area (Å²) < 4.78 is 0. The van der Waals surface area contributed by atoms with Gasteiger partial charge in [-0.15, -0.1) is 0 Å². The highest BCUT2D eigenvalue weighted by Crippen LogP contribution is 2.51. The van der Waals surface area contributed by atoms with E-state index in [2.05, 4.69) is 15.5 Å². The van der Waals surface area contributed by atoms with Crippen molar-refractivity contribution in [3.63, 3.8) is 0 Å². The van der Waals surface area contributed by atoms with Crippen molar-refractivity contribution in [3.8, 4) is 0 Å². The average molecular weight is 249 g/mol. The molecule has 2 fully saturated rings. The molecule has 2 aliphatic rings. The minimum absolute atomic E-state index is 0.0334. The molecule has 1 aromatic heterocycles. The molecular formula is C12H15N3O3. The van der Waals surface area contributed by atoms with Crippen LogP contribution < -0.4 is 5.32 Å². The zero-order chi connectivity index (χ0) is 12.8. The van der Waals surface area contributed by atoms with Gasteiger partial charge in [0.25, 0.3) is 0 Å². The van der Waals surface area contributed by atoms with E-state index in [9.17, 15) is 9.59 Å². The maximum atomic E-state index is 12.2. The molecule has 2 heterocycles. The van der Waals surface area contributed by atoms with Crippen LogP contribution in [0.25, 0.3) is 0 Å². The van der Waals surface area contributed by atoms with E-state index in [0.717, 1.165) is 6.42 Å². The number of aromatic nitrogens is 2. The first kappa shape index (κ1) is 11.4. The highest BCUT2D eigenvalue weighted by Gasteiger charge is 2.60. The minimum Gasteiger partial charge on any atom is -0.481 e. The molecule has 1 aliphatic carbocycles. The van der Waals surface area contributed by atoms with Crippen LogP contribution in [-0.2, 0) is 4.79 Å². The Hall–Kier alpha value is -1.69. The van der Waals surface area contributed by atoms with Crippen LogP contribution in [0.1, 0.15) is 29.8 Å². The molecule has 3 N–H and O–H groups in total. The van der Waals surface area contributed by atoms with Gasteiger partial charge < -0.3 is 10.4 Å². The quantitative estimate of drug-likeness (QED) is 0.675. The van der Waals surface area contributed by atoms with Crippen LogP contribution in [0.15, 0.2) is 12.3 Å². The molecule has 3 atom stereocenters. The fourth-order valence-electron chi connectivity index (χ4n) is 2.97. The summed E-state index contributed by atoms with van der Waals surface area (Å²) in [5.41, 5.74) is 0.222. The van der Waals surface area contributed by atoms with Gasteiger partial charge in [0, 0.05) is 17.7 Å². The summed E-state index contributed by atoms with van der Waals surface area (Å²) in [5.74, 6) is -1.16. The number of carboxylic acids is 1. The number of rotatable bonds is 3. The Balaban J connectivity index is 1.72. The normalized spacial score (nSPS) is 34.4. The van der Waals surface area contributed by atoms with Gasteiger partial charge >= 0.3 is 5.97 Å². The smallest absolute Gasteiger partial charge is 0.306 e. The van der Waals surface area contributed by atoms with Crippen LogP contribution in [0.2, 0.25) is 0 Å². The highest BCUT2D eigenvalue weighted by atomic mass is 16.4. The van der Waals surface area contributed by atoms with Crippen LogP contribution in [0.3, 0.4) is 0 Å². The molecule has 96 valence electrons. The lowest BCUT2D eigenvalue weighted by atomic mass is 9.89. The Labute approximate surface area is 104 Å². The van der Waals surface area contributed by atoms with Crippen molar-refractivity contribution in [3.05, 3.63) is 18.0 Å². The molecule has 6 heteroatoms. The molecule has 1 spiro atoms. The van der Waals surface area contributed by atoms with Gasteiger partial charge in [0.2, 0.25) is 0 Å². The van der Waals surface area contributed by atoms with E-state index in [0.29, 0.717) is 25.1 Å². The number of aliphatic carboxylic acids is 1. The molecule has 3 rings (SSSR count). The Morgan fingerprint density at radius 1 is 1.44 bits per heavy atom. The Morgan fingerprint density at radius 2 is 2.28 bits per heavy atom. The maximum Gasteiger partial charge on any atom is 0.306 e. The second-order valence-corrected chi connectivity index (χ2v) is 5.20. The van der Waals surface area contributed by atoms with Gasteiger partial charge in [0.15, 0.2) is 5.78 Å². The standard InChI is InChI=1S/C12H15N3O3/c16-10(9-2-4-14-15-9)8-6-12(8)5-7(11(17)18)1-3-13-12/h2,4,7-8,13H,1,3,5-6H2,(H,14,15)(H,17,18). The summed E-state index contributed by atoms with van der Waals surface area (Å²) in [7, 11) is 0. The molecule has 1 saturated heterocycles. The number of aromatic amines is 1. The van der Waals surface area contributed by atoms with Crippen LogP contribution in [0.5, 0.6) is 0 Å². The predicted octanol–water partition coefficient (Wildman–Crippen LogP) is 0.435. The van der Waals surface area contributed by atoms with E-state index in [1.807, 2.05) is 0 Å². The summed E-state index contributed by atoms with van der Waals surface area (Å²) in [6.07, 6.45) is 3.47. The first-order valence-electron chi connectivity index (χ1n) is 6.14. The zero-order valence-electron chi connectivity index (χ0n) is 9.85. The summed E-state index contributed by atoms with van der Waals surface area (Å²) in [6.45, 7) is 0.670. The lowest BCUT2D eigenvalue weighted by molar-refractivity contribution is -0.143. The van der Waals surface area contributed by atoms with E-state index in [-0.39, 0.29) is 23.2 Å². The lowest BCUT2D eigenvalue weighted by Gasteiger charge is -2.28. The first-order chi connectivity index (χ1) is 8.62. The number of hydrogen-bond donors (Lipinski definition) is 3. The fraction of sp³-hybridized carbons (Fsp3) is 0.583. The molecule has 0 bridgehead atoms. The molecule has 0 amide bonds. The van der Waals surface area contributed by atoms with Gasteiger partial charge in [-0.25, -0.2) is 0 Å². The van der Waals surface area contributed by atoms with E-state index >= 15 is 0 Å².